The Morgan fingerprint density at radius 3 is 2.62 bits per heavy atom. The Labute approximate surface area is 96.6 Å². The normalized spacial score (nSPS) is 16.8. The fourth-order valence-electron chi connectivity index (χ4n) is 1.79. The fourth-order valence-corrected chi connectivity index (χ4v) is 1.79. The number of halogens is 1. The summed E-state index contributed by atoms with van der Waals surface area (Å²) in [5.41, 5.74) is 6.48. The van der Waals surface area contributed by atoms with Crippen molar-refractivity contribution >= 4 is 0 Å². The summed E-state index contributed by atoms with van der Waals surface area (Å²) in [4.78, 5) is 0. The van der Waals surface area contributed by atoms with E-state index in [4.69, 9.17) is 10.5 Å². The standard InChI is InChI=1S/C13H20FNO/c1-4-13(3,16-5-2)12(15)10-7-6-8-11(14)9-10/h6-9,12H,4-5,15H2,1-3H3. The lowest BCUT2D eigenvalue weighted by Crippen LogP contribution is -2.40. The summed E-state index contributed by atoms with van der Waals surface area (Å²) >= 11 is 0. The second kappa shape index (κ2) is 5.41. The summed E-state index contributed by atoms with van der Waals surface area (Å²) in [7, 11) is 0. The Morgan fingerprint density at radius 1 is 1.44 bits per heavy atom. The maximum Gasteiger partial charge on any atom is 0.123 e. The number of benzene rings is 1. The zero-order chi connectivity index (χ0) is 12.2. The van der Waals surface area contributed by atoms with E-state index in [0.717, 1.165) is 12.0 Å². The molecule has 2 N–H and O–H groups in total. The van der Waals surface area contributed by atoms with Crippen molar-refractivity contribution in [1.29, 1.82) is 0 Å². The van der Waals surface area contributed by atoms with Crippen LogP contribution < -0.4 is 5.73 Å². The van der Waals surface area contributed by atoms with Crippen LogP contribution in [0, 0.1) is 5.82 Å². The van der Waals surface area contributed by atoms with E-state index in [2.05, 4.69) is 0 Å². The minimum atomic E-state index is -0.442. The second-order valence-corrected chi connectivity index (χ2v) is 4.13. The van der Waals surface area contributed by atoms with Crippen molar-refractivity contribution in [3.05, 3.63) is 35.6 Å². The van der Waals surface area contributed by atoms with Gasteiger partial charge in [-0.15, -0.1) is 0 Å². The van der Waals surface area contributed by atoms with E-state index in [0.29, 0.717) is 6.61 Å². The predicted molar refractivity (Wildman–Crippen MR) is 63.7 cm³/mol. The number of rotatable bonds is 5. The van der Waals surface area contributed by atoms with Gasteiger partial charge in [0.2, 0.25) is 0 Å². The molecule has 0 aliphatic heterocycles. The van der Waals surface area contributed by atoms with Gasteiger partial charge in [0.25, 0.3) is 0 Å². The SMILES string of the molecule is CCOC(C)(CC)C(N)c1cccc(F)c1. The summed E-state index contributed by atoms with van der Waals surface area (Å²) < 4.78 is 18.8. The van der Waals surface area contributed by atoms with Gasteiger partial charge in [-0.05, 0) is 38.0 Å². The Hall–Kier alpha value is -0.930. The third-order valence-corrected chi connectivity index (χ3v) is 3.04. The molecule has 1 aromatic carbocycles. The van der Waals surface area contributed by atoms with Crippen LogP contribution in [0.2, 0.25) is 0 Å². The monoisotopic (exact) mass is 225 g/mol. The molecule has 0 aliphatic rings. The minimum Gasteiger partial charge on any atom is -0.374 e. The lowest BCUT2D eigenvalue weighted by atomic mass is 9.88. The molecule has 90 valence electrons. The fraction of sp³-hybridized carbons (Fsp3) is 0.538. The van der Waals surface area contributed by atoms with Crippen LogP contribution in [0.1, 0.15) is 38.8 Å². The molecule has 0 fully saturated rings. The van der Waals surface area contributed by atoms with Crippen molar-refractivity contribution in [2.75, 3.05) is 6.61 Å². The highest BCUT2D eigenvalue weighted by Gasteiger charge is 2.31. The lowest BCUT2D eigenvalue weighted by Gasteiger charge is -2.34. The Kier molecular flexibility index (Phi) is 4.44. The first-order chi connectivity index (χ1) is 7.53. The number of hydrogen-bond donors (Lipinski definition) is 1. The number of ether oxygens (including phenoxy) is 1. The van der Waals surface area contributed by atoms with Gasteiger partial charge >= 0.3 is 0 Å². The number of hydrogen-bond acceptors (Lipinski definition) is 2. The van der Waals surface area contributed by atoms with Gasteiger partial charge in [-0.2, -0.15) is 0 Å². The molecule has 16 heavy (non-hydrogen) atoms. The van der Waals surface area contributed by atoms with Gasteiger partial charge in [0.15, 0.2) is 0 Å². The topological polar surface area (TPSA) is 35.2 Å². The van der Waals surface area contributed by atoms with Crippen molar-refractivity contribution in [1.82, 2.24) is 0 Å². The van der Waals surface area contributed by atoms with Gasteiger partial charge in [0, 0.05) is 6.61 Å². The minimum absolute atomic E-state index is 0.261. The highest BCUT2D eigenvalue weighted by molar-refractivity contribution is 5.22. The van der Waals surface area contributed by atoms with Gasteiger partial charge in [-0.3, -0.25) is 0 Å². The third kappa shape index (κ3) is 2.80. The van der Waals surface area contributed by atoms with Crippen molar-refractivity contribution in [3.63, 3.8) is 0 Å². The molecule has 0 aromatic heterocycles. The first-order valence-electron chi connectivity index (χ1n) is 5.68. The van der Waals surface area contributed by atoms with Crippen LogP contribution in [-0.2, 0) is 4.74 Å². The molecule has 0 amide bonds. The van der Waals surface area contributed by atoms with E-state index in [1.54, 1.807) is 6.07 Å². The molecule has 2 atom stereocenters. The van der Waals surface area contributed by atoms with Crippen LogP contribution in [-0.4, -0.2) is 12.2 Å². The molecule has 2 nitrogen and oxygen atoms in total. The van der Waals surface area contributed by atoms with Crippen LogP contribution in [0.5, 0.6) is 0 Å². The van der Waals surface area contributed by atoms with E-state index in [1.807, 2.05) is 26.8 Å². The molecule has 1 aromatic rings. The summed E-state index contributed by atoms with van der Waals surface area (Å²) in [6.45, 7) is 6.53. The molecule has 0 aliphatic carbocycles. The molecular weight excluding hydrogens is 205 g/mol. The Bertz CT molecular complexity index is 342. The van der Waals surface area contributed by atoms with E-state index in [1.165, 1.54) is 12.1 Å². The average molecular weight is 225 g/mol. The van der Waals surface area contributed by atoms with Crippen LogP contribution in [0.25, 0.3) is 0 Å². The molecule has 0 saturated carbocycles. The first kappa shape index (κ1) is 13.1. The smallest absolute Gasteiger partial charge is 0.123 e. The molecule has 2 unspecified atom stereocenters. The van der Waals surface area contributed by atoms with Crippen LogP contribution in [0.3, 0.4) is 0 Å². The summed E-state index contributed by atoms with van der Waals surface area (Å²) in [6, 6.07) is 6.08. The lowest BCUT2D eigenvalue weighted by molar-refractivity contribution is -0.0472. The summed E-state index contributed by atoms with van der Waals surface area (Å²) in [6.07, 6.45) is 0.790. The molecule has 0 spiro atoms. The highest BCUT2D eigenvalue weighted by Crippen LogP contribution is 2.30. The maximum absolute atomic E-state index is 13.1. The van der Waals surface area contributed by atoms with Crippen molar-refractivity contribution in [2.45, 2.75) is 38.8 Å². The van der Waals surface area contributed by atoms with Gasteiger partial charge in [-0.1, -0.05) is 19.1 Å². The Balaban J connectivity index is 2.94. The third-order valence-electron chi connectivity index (χ3n) is 3.04. The average Bonchev–Trinajstić information content (AvgIpc) is 2.28. The molecule has 0 bridgehead atoms. The highest BCUT2D eigenvalue weighted by atomic mass is 19.1. The quantitative estimate of drug-likeness (QED) is 0.836. The van der Waals surface area contributed by atoms with Gasteiger partial charge in [0.1, 0.15) is 5.82 Å². The van der Waals surface area contributed by atoms with E-state index in [-0.39, 0.29) is 11.9 Å². The van der Waals surface area contributed by atoms with Crippen molar-refractivity contribution < 1.29 is 9.13 Å². The van der Waals surface area contributed by atoms with Gasteiger partial charge in [0.05, 0.1) is 11.6 Å². The van der Waals surface area contributed by atoms with Gasteiger partial charge in [-0.25, -0.2) is 4.39 Å². The molecule has 3 heteroatoms. The van der Waals surface area contributed by atoms with E-state index < -0.39 is 5.60 Å². The van der Waals surface area contributed by atoms with Crippen molar-refractivity contribution in [3.8, 4) is 0 Å². The molecular formula is C13H20FNO. The number of nitrogens with two attached hydrogens (primary N) is 1. The largest absolute Gasteiger partial charge is 0.374 e. The summed E-state index contributed by atoms with van der Waals surface area (Å²) in [5, 5.41) is 0. The van der Waals surface area contributed by atoms with Crippen LogP contribution in [0.4, 0.5) is 4.39 Å². The first-order valence-corrected chi connectivity index (χ1v) is 5.68. The molecule has 0 saturated heterocycles. The molecule has 0 heterocycles. The van der Waals surface area contributed by atoms with Crippen molar-refractivity contribution in [2.24, 2.45) is 5.73 Å². The van der Waals surface area contributed by atoms with Crippen LogP contribution in [0.15, 0.2) is 24.3 Å². The predicted octanol–water partition coefficient (Wildman–Crippen LogP) is 3.03. The maximum atomic E-state index is 13.1. The van der Waals surface area contributed by atoms with Gasteiger partial charge < -0.3 is 10.5 Å². The zero-order valence-corrected chi connectivity index (χ0v) is 10.2. The second-order valence-electron chi connectivity index (χ2n) is 4.13. The molecule has 1 rings (SSSR count). The van der Waals surface area contributed by atoms with E-state index >= 15 is 0 Å². The Morgan fingerprint density at radius 2 is 2.12 bits per heavy atom. The summed E-state index contributed by atoms with van der Waals surface area (Å²) in [5.74, 6) is -0.261. The zero-order valence-electron chi connectivity index (χ0n) is 10.2. The molecule has 0 radical (unpaired) electrons. The van der Waals surface area contributed by atoms with Crippen LogP contribution >= 0.6 is 0 Å². The van der Waals surface area contributed by atoms with E-state index in [9.17, 15) is 4.39 Å².